The third-order valence-electron chi connectivity index (χ3n) is 6.45. The van der Waals surface area contributed by atoms with Gasteiger partial charge >= 0.3 is 0 Å². The van der Waals surface area contributed by atoms with Crippen molar-refractivity contribution in [3.63, 3.8) is 0 Å². The van der Waals surface area contributed by atoms with E-state index >= 15 is 0 Å². The zero-order valence-corrected chi connectivity index (χ0v) is 24.4. The number of carbonyl (C=O) groups is 2. The Hall–Kier alpha value is -3.94. The third-order valence-corrected chi connectivity index (χ3v) is 7.85. The van der Waals surface area contributed by atoms with Gasteiger partial charge in [-0.25, -0.2) is 8.42 Å². The fourth-order valence-corrected chi connectivity index (χ4v) is 5.18. The Morgan fingerprint density at radius 3 is 1.98 bits per heavy atom. The average molecular weight is 575 g/mol. The van der Waals surface area contributed by atoms with Crippen molar-refractivity contribution < 1.29 is 18.0 Å². The SMILES string of the molecule is CC(C)(C)c1ccc(C(=O)c2cccc(NC(=O)c3ccc(N(Cc4ccc(Cl)cc4)S(C)(=O)=O)cc3)c2)cc1. The van der Waals surface area contributed by atoms with Crippen LogP contribution in [-0.2, 0) is 22.0 Å². The lowest BCUT2D eigenvalue weighted by molar-refractivity contribution is 0.102. The van der Waals surface area contributed by atoms with Crippen molar-refractivity contribution in [3.05, 3.63) is 130 Å². The maximum Gasteiger partial charge on any atom is 0.255 e. The topological polar surface area (TPSA) is 83.6 Å². The number of hydrogen-bond acceptors (Lipinski definition) is 4. The van der Waals surface area contributed by atoms with E-state index in [0.717, 1.165) is 17.4 Å². The van der Waals surface area contributed by atoms with E-state index in [2.05, 4.69) is 26.1 Å². The van der Waals surface area contributed by atoms with Gasteiger partial charge in [-0.05, 0) is 65.1 Å². The van der Waals surface area contributed by atoms with Crippen molar-refractivity contribution in [2.75, 3.05) is 15.9 Å². The predicted octanol–water partition coefficient (Wildman–Crippen LogP) is 7.09. The minimum Gasteiger partial charge on any atom is -0.322 e. The summed E-state index contributed by atoms with van der Waals surface area (Å²) in [6, 6.07) is 27.6. The van der Waals surface area contributed by atoms with E-state index in [1.165, 1.54) is 4.31 Å². The quantitative estimate of drug-likeness (QED) is 0.228. The van der Waals surface area contributed by atoms with Gasteiger partial charge < -0.3 is 5.32 Å². The molecule has 0 saturated carbocycles. The molecule has 4 rings (SSSR count). The third kappa shape index (κ3) is 7.17. The molecule has 0 fully saturated rings. The van der Waals surface area contributed by atoms with Gasteiger partial charge in [0.25, 0.3) is 5.91 Å². The zero-order valence-electron chi connectivity index (χ0n) is 22.8. The van der Waals surface area contributed by atoms with Gasteiger partial charge in [0.05, 0.1) is 18.5 Å². The summed E-state index contributed by atoms with van der Waals surface area (Å²) in [5.41, 5.74) is 4.19. The fraction of sp³-hybridized carbons (Fsp3) is 0.188. The predicted molar refractivity (Wildman–Crippen MR) is 162 cm³/mol. The Labute approximate surface area is 240 Å². The van der Waals surface area contributed by atoms with E-state index in [9.17, 15) is 18.0 Å². The first-order chi connectivity index (χ1) is 18.8. The van der Waals surface area contributed by atoms with E-state index < -0.39 is 10.0 Å². The molecule has 0 spiro atoms. The van der Waals surface area contributed by atoms with Crippen LogP contribution in [-0.4, -0.2) is 26.4 Å². The number of nitrogens with zero attached hydrogens (tertiary/aromatic N) is 1. The number of sulfonamides is 1. The summed E-state index contributed by atoms with van der Waals surface area (Å²) in [5.74, 6) is -0.517. The average Bonchev–Trinajstić information content (AvgIpc) is 2.91. The van der Waals surface area contributed by atoms with Crippen LogP contribution in [0.2, 0.25) is 5.02 Å². The largest absolute Gasteiger partial charge is 0.322 e. The Balaban J connectivity index is 1.48. The van der Waals surface area contributed by atoms with Crippen LogP contribution in [0.15, 0.2) is 97.1 Å². The molecular weight excluding hydrogens is 544 g/mol. The van der Waals surface area contributed by atoms with Gasteiger partial charge in [-0.15, -0.1) is 0 Å². The smallest absolute Gasteiger partial charge is 0.255 e. The van der Waals surface area contributed by atoms with Gasteiger partial charge in [-0.1, -0.05) is 80.9 Å². The number of amides is 1. The van der Waals surface area contributed by atoms with Crippen LogP contribution in [0.3, 0.4) is 0 Å². The molecular formula is C32H31ClN2O4S. The van der Waals surface area contributed by atoms with Gasteiger partial charge in [0, 0.05) is 27.4 Å². The number of rotatable bonds is 8. The van der Waals surface area contributed by atoms with E-state index in [4.69, 9.17) is 11.6 Å². The molecule has 8 heteroatoms. The van der Waals surface area contributed by atoms with Crippen LogP contribution < -0.4 is 9.62 Å². The Bertz CT molecular complexity index is 1620. The molecule has 0 heterocycles. The van der Waals surface area contributed by atoms with E-state index in [1.807, 2.05) is 24.3 Å². The second-order valence-corrected chi connectivity index (χ2v) is 13.0. The standard InChI is InChI=1S/C32H31ClN2O4S/c1-32(2,3)26-14-10-23(11-15-26)30(36)25-6-5-7-28(20-25)34-31(37)24-12-18-29(19-13-24)35(40(4,38)39)21-22-8-16-27(33)17-9-22/h5-20H,21H2,1-4H3,(H,34,37). The molecule has 1 amide bonds. The van der Waals surface area contributed by atoms with Gasteiger partial charge in [0.1, 0.15) is 0 Å². The molecule has 0 aliphatic carbocycles. The summed E-state index contributed by atoms with van der Waals surface area (Å²) in [6.45, 7) is 6.48. The van der Waals surface area contributed by atoms with Crippen molar-refractivity contribution in [2.45, 2.75) is 32.7 Å². The summed E-state index contributed by atoms with van der Waals surface area (Å²) in [6.07, 6.45) is 1.14. The molecule has 0 saturated heterocycles. The highest BCUT2D eigenvalue weighted by atomic mass is 35.5. The van der Waals surface area contributed by atoms with E-state index in [0.29, 0.717) is 33.1 Å². The molecule has 0 aliphatic rings. The van der Waals surface area contributed by atoms with Crippen LogP contribution in [0, 0.1) is 0 Å². The van der Waals surface area contributed by atoms with Gasteiger partial charge in [-0.2, -0.15) is 0 Å². The molecule has 0 radical (unpaired) electrons. The van der Waals surface area contributed by atoms with Gasteiger partial charge in [-0.3, -0.25) is 13.9 Å². The van der Waals surface area contributed by atoms with Crippen molar-refractivity contribution in [2.24, 2.45) is 0 Å². The maximum atomic E-state index is 13.1. The summed E-state index contributed by atoms with van der Waals surface area (Å²) in [5, 5.41) is 3.39. The first-order valence-electron chi connectivity index (χ1n) is 12.7. The second kappa shape index (κ2) is 11.7. The van der Waals surface area contributed by atoms with Crippen LogP contribution in [0.25, 0.3) is 0 Å². The van der Waals surface area contributed by atoms with Crippen molar-refractivity contribution in [1.82, 2.24) is 0 Å². The minimum atomic E-state index is -3.59. The van der Waals surface area contributed by atoms with Crippen LogP contribution in [0.1, 0.15) is 58.2 Å². The molecule has 4 aromatic rings. The lowest BCUT2D eigenvalue weighted by Gasteiger charge is -2.23. The second-order valence-electron chi connectivity index (χ2n) is 10.6. The number of ketones is 1. The van der Waals surface area contributed by atoms with Crippen molar-refractivity contribution >= 4 is 44.7 Å². The highest BCUT2D eigenvalue weighted by molar-refractivity contribution is 7.92. The molecule has 0 aromatic heterocycles. The summed E-state index contributed by atoms with van der Waals surface area (Å²) in [4.78, 5) is 26.0. The zero-order chi connectivity index (χ0) is 29.1. The summed E-state index contributed by atoms with van der Waals surface area (Å²) < 4.78 is 26.3. The maximum absolute atomic E-state index is 13.1. The molecule has 206 valence electrons. The normalized spacial score (nSPS) is 11.6. The first kappa shape index (κ1) is 29.1. The first-order valence-corrected chi connectivity index (χ1v) is 14.9. The fourth-order valence-electron chi connectivity index (χ4n) is 4.16. The molecule has 4 aromatic carbocycles. The number of hydrogen-bond donors (Lipinski definition) is 1. The molecule has 0 atom stereocenters. The Kier molecular flexibility index (Phi) is 8.47. The monoisotopic (exact) mass is 574 g/mol. The number of benzene rings is 4. The molecule has 0 bridgehead atoms. The Morgan fingerprint density at radius 1 is 0.800 bits per heavy atom. The molecule has 6 nitrogen and oxygen atoms in total. The lowest BCUT2D eigenvalue weighted by atomic mass is 9.86. The lowest BCUT2D eigenvalue weighted by Crippen LogP contribution is -2.29. The van der Waals surface area contributed by atoms with Crippen molar-refractivity contribution in [3.8, 4) is 0 Å². The Morgan fingerprint density at radius 2 is 1.40 bits per heavy atom. The number of carbonyl (C=O) groups excluding carboxylic acids is 2. The number of anilines is 2. The van der Waals surface area contributed by atoms with E-state index in [1.54, 1.807) is 72.8 Å². The summed E-state index contributed by atoms with van der Waals surface area (Å²) in [7, 11) is -3.59. The molecule has 40 heavy (non-hydrogen) atoms. The van der Waals surface area contributed by atoms with Crippen molar-refractivity contribution in [1.29, 1.82) is 0 Å². The number of halogens is 1. The molecule has 0 aliphatic heterocycles. The van der Waals surface area contributed by atoms with Gasteiger partial charge in [0.15, 0.2) is 5.78 Å². The van der Waals surface area contributed by atoms with E-state index in [-0.39, 0.29) is 23.7 Å². The number of nitrogens with one attached hydrogen (secondary N) is 1. The van der Waals surface area contributed by atoms with Crippen LogP contribution in [0.5, 0.6) is 0 Å². The van der Waals surface area contributed by atoms with Gasteiger partial charge in [0.2, 0.25) is 10.0 Å². The summed E-state index contributed by atoms with van der Waals surface area (Å²) >= 11 is 5.94. The molecule has 0 unspecified atom stereocenters. The highest BCUT2D eigenvalue weighted by Gasteiger charge is 2.19. The molecule has 1 N–H and O–H groups in total. The van der Waals surface area contributed by atoms with Crippen LogP contribution >= 0.6 is 11.6 Å². The minimum absolute atomic E-state index is 0.0102. The highest BCUT2D eigenvalue weighted by Crippen LogP contribution is 2.25. The van der Waals surface area contributed by atoms with Crippen LogP contribution in [0.4, 0.5) is 11.4 Å².